The molecule has 3 N–H and O–H groups in total. The van der Waals surface area contributed by atoms with Crippen molar-refractivity contribution in [1.29, 1.82) is 0 Å². The second-order valence-electron chi connectivity index (χ2n) is 2.41. The lowest BCUT2D eigenvalue weighted by Crippen LogP contribution is -1.84. The van der Waals surface area contributed by atoms with Crippen LogP contribution in [0, 0.1) is 0 Å². The number of hydrogen-bond acceptors (Lipinski definition) is 3. The summed E-state index contributed by atoms with van der Waals surface area (Å²) >= 11 is 5.63. The normalized spacial score (nSPS) is 10.2. The molecule has 1 aromatic rings. The average molecular weight is 189 g/mol. The summed E-state index contributed by atoms with van der Waals surface area (Å²) in [6, 6.07) is 1.07. The predicted molar refractivity (Wildman–Crippen MR) is 45.8 cm³/mol. The van der Waals surface area contributed by atoms with Crippen molar-refractivity contribution in [3.05, 3.63) is 16.7 Å². The molecule has 0 bridgehead atoms. The predicted octanol–water partition coefficient (Wildman–Crippen LogP) is 2.02. The fourth-order valence-corrected chi connectivity index (χ4v) is 1.32. The highest BCUT2D eigenvalue weighted by Gasteiger charge is 2.13. The van der Waals surface area contributed by atoms with Crippen molar-refractivity contribution in [2.75, 3.05) is 0 Å². The Morgan fingerprint density at radius 3 is 2.33 bits per heavy atom. The molecule has 4 heteroatoms. The largest absolute Gasteiger partial charge is 0.507 e. The van der Waals surface area contributed by atoms with E-state index in [1.165, 1.54) is 0 Å². The summed E-state index contributed by atoms with van der Waals surface area (Å²) in [7, 11) is 0. The molecule has 0 saturated carbocycles. The van der Waals surface area contributed by atoms with Crippen LogP contribution >= 0.6 is 11.6 Å². The van der Waals surface area contributed by atoms with Crippen molar-refractivity contribution in [3.63, 3.8) is 0 Å². The standard InChI is InChI=1S/C8H9ClO3/c1-2-4-5(10)3-6(11)8(12)7(4)9/h3,10-12H,2H2,1H3. The van der Waals surface area contributed by atoms with Gasteiger partial charge in [0, 0.05) is 11.6 Å². The number of phenols is 3. The van der Waals surface area contributed by atoms with Crippen molar-refractivity contribution in [3.8, 4) is 17.2 Å². The summed E-state index contributed by atoms with van der Waals surface area (Å²) in [5.41, 5.74) is 0.437. The molecule has 0 spiro atoms. The minimum atomic E-state index is -0.408. The van der Waals surface area contributed by atoms with Crippen LogP contribution in [0.15, 0.2) is 6.07 Å². The molecule has 0 fully saturated rings. The molecule has 66 valence electrons. The van der Waals surface area contributed by atoms with Crippen LogP contribution in [0.5, 0.6) is 17.2 Å². The fraction of sp³-hybridized carbons (Fsp3) is 0.250. The second-order valence-corrected chi connectivity index (χ2v) is 2.79. The number of rotatable bonds is 1. The van der Waals surface area contributed by atoms with Crippen LogP contribution in [0.3, 0.4) is 0 Å². The quantitative estimate of drug-likeness (QED) is 0.467. The van der Waals surface area contributed by atoms with E-state index >= 15 is 0 Å². The molecule has 0 aliphatic carbocycles. The fourth-order valence-electron chi connectivity index (χ4n) is 0.989. The third-order valence-corrected chi connectivity index (χ3v) is 2.06. The smallest absolute Gasteiger partial charge is 0.177 e. The van der Waals surface area contributed by atoms with Crippen LogP contribution < -0.4 is 0 Å². The van der Waals surface area contributed by atoms with Crippen LogP contribution in [-0.2, 0) is 6.42 Å². The first kappa shape index (κ1) is 9.00. The van der Waals surface area contributed by atoms with Gasteiger partial charge in [-0.2, -0.15) is 0 Å². The summed E-state index contributed by atoms with van der Waals surface area (Å²) in [5, 5.41) is 27.4. The molecule has 12 heavy (non-hydrogen) atoms. The van der Waals surface area contributed by atoms with Crippen molar-refractivity contribution < 1.29 is 15.3 Å². The van der Waals surface area contributed by atoms with E-state index in [2.05, 4.69) is 0 Å². The maximum atomic E-state index is 9.24. The summed E-state index contributed by atoms with van der Waals surface area (Å²) in [5.74, 6) is -0.890. The van der Waals surface area contributed by atoms with Gasteiger partial charge in [-0.3, -0.25) is 0 Å². The van der Waals surface area contributed by atoms with E-state index in [0.29, 0.717) is 12.0 Å². The maximum Gasteiger partial charge on any atom is 0.177 e. The van der Waals surface area contributed by atoms with Crippen LogP contribution in [0.1, 0.15) is 12.5 Å². The molecule has 0 heterocycles. The van der Waals surface area contributed by atoms with Gasteiger partial charge in [0.2, 0.25) is 0 Å². The highest BCUT2D eigenvalue weighted by molar-refractivity contribution is 6.33. The van der Waals surface area contributed by atoms with E-state index in [1.54, 1.807) is 6.92 Å². The topological polar surface area (TPSA) is 60.7 Å². The Morgan fingerprint density at radius 2 is 1.83 bits per heavy atom. The van der Waals surface area contributed by atoms with Crippen LogP contribution in [0.2, 0.25) is 5.02 Å². The van der Waals surface area contributed by atoms with Gasteiger partial charge < -0.3 is 15.3 Å². The molecule has 0 radical (unpaired) electrons. The lowest BCUT2D eigenvalue weighted by atomic mass is 10.1. The number of aromatic hydroxyl groups is 3. The lowest BCUT2D eigenvalue weighted by Gasteiger charge is -2.07. The molecule has 3 nitrogen and oxygen atoms in total. The van der Waals surface area contributed by atoms with Crippen LogP contribution in [0.25, 0.3) is 0 Å². The van der Waals surface area contributed by atoms with Gasteiger partial charge in [-0.25, -0.2) is 0 Å². The van der Waals surface area contributed by atoms with Gasteiger partial charge in [0.1, 0.15) is 5.75 Å². The first-order valence-electron chi connectivity index (χ1n) is 3.50. The highest BCUT2D eigenvalue weighted by Crippen LogP contribution is 2.40. The van der Waals surface area contributed by atoms with Crippen molar-refractivity contribution in [1.82, 2.24) is 0 Å². The van der Waals surface area contributed by atoms with E-state index in [0.717, 1.165) is 6.07 Å². The number of phenolic OH excluding ortho intramolecular Hbond substituents is 3. The second kappa shape index (κ2) is 3.11. The third-order valence-electron chi connectivity index (χ3n) is 1.65. The first-order valence-corrected chi connectivity index (χ1v) is 3.88. The Hall–Kier alpha value is -1.09. The zero-order chi connectivity index (χ0) is 9.30. The minimum Gasteiger partial charge on any atom is -0.507 e. The van der Waals surface area contributed by atoms with Gasteiger partial charge in [0.25, 0.3) is 0 Å². The molecular weight excluding hydrogens is 180 g/mol. The lowest BCUT2D eigenvalue weighted by molar-refractivity contribution is 0.395. The minimum absolute atomic E-state index is 0.00926. The van der Waals surface area contributed by atoms with E-state index < -0.39 is 5.75 Å². The molecule has 1 rings (SSSR count). The highest BCUT2D eigenvalue weighted by atomic mass is 35.5. The monoisotopic (exact) mass is 188 g/mol. The van der Waals surface area contributed by atoms with Crippen molar-refractivity contribution in [2.24, 2.45) is 0 Å². The SMILES string of the molecule is CCc1c(O)cc(O)c(O)c1Cl. The number of benzene rings is 1. The molecule has 0 atom stereocenters. The maximum absolute atomic E-state index is 9.24. The molecule has 0 unspecified atom stereocenters. The number of halogens is 1. The number of hydrogen-bond donors (Lipinski definition) is 3. The van der Waals surface area contributed by atoms with Gasteiger partial charge in [0.05, 0.1) is 5.02 Å². The zero-order valence-corrected chi connectivity index (χ0v) is 7.26. The van der Waals surface area contributed by atoms with Crippen LogP contribution in [-0.4, -0.2) is 15.3 Å². The van der Waals surface area contributed by atoms with Gasteiger partial charge >= 0.3 is 0 Å². The Bertz CT molecular complexity index is 310. The molecular formula is C8H9ClO3. The molecule has 0 amide bonds. The molecule has 0 saturated heterocycles. The Kier molecular flexibility index (Phi) is 2.33. The van der Waals surface area contributed by atoms with E-state index in [4.69, 9.17) is 21.8 Å². The third kappa shape index (κ3) is 1.28. The zero-order valence-electron chi connectivity index (χ0n) is 6.50. The van der Waals surface area contributed by atoms with Gasteiger partial charge in [-0.1, -0.05) is 18.5 Å². The summed E-state index contributed by atoms with van der Waals surface area (Å²) in [6.07, 6.45) is 0.499. The Morgan fingerprint density at radius 1 is 1.25 bits per heavy atom. The molecule has 1 aromatic carbocycles. The van der Waals surface area contributed by atoms with Crippen molar-refractivity contribution in [2.45, 2.75) is 13.3 Å². The van der Waals surface area contributed by atoms with E-state index in [9.17, 15) is 5.11 Å². The van der Waals surface area contributed by atoms with E-state index in [1.807, 2.05) is 0 Å². The van der Waals surface area contributed by atoms with Gasteiger partial charge in [0.15, 0.2) is 11.5 Å². The molecule has 0 aliphatic heterocycles. The summed E-state index contributed by atoms with van der Waals surface area (Å²) in [6.45, 7) is 1.79. The average Bonchev–Trinajstić information content (AvgIpc) is 2.01. The van der Waals surface area contributed by atoms with E-state index in [-0.39, 0.29) is 16.5 Å². The van der Waals surface area contributed by atoms with Gasteiger partial charge in [-0.15, -0.1) is 0 Å². The summed E-state index contributed by atoms with van der Waals surface area (Å²) in [4.78, 5) is 0. The summed E-state index contributed by atoms with van der Waals surface area (Å²) < 4.78 is 0. The molecule has 0 aliphatic rings. The first-order chi connectivity index (χ1) is 5.57. The van der Waals surface area contributed by atoms with Gasteiger partial charge in [-0.05, 0) is 6.42 Å². The van der Waals surface area contributed by atoms with Crippen molar-refractivity contribution >= 4 is 11.6 Å². The Labute approximate surface area is 74.8 Å². The molecule has 0 aromatic heterocycles. The Balaban J connectivity index is 3.40. The van der Waals surface area contributed by atoms with Crippen LogP contribution in [0.4, 0.5) is 0 Å².